The van der Waals surface area contributed by atoms with Gasteiger partial charge >= 0.3 is 0 Å². The van der Waals surface area contributed by atoms with Crippen LogP contribution in [0, 0.1) is 11.8 Å². The number of nitrogens with zero attached hydrogens (tertiary/aromatic N) is 1. The summed E-state index contributed by atoms with van der Waals surface area (Å²) >= 11 is 0. The van der Waals surface area contributed by atoms with Gasteiger partial charge in [0, 0.05) is 31.1 Å². The Morgan fingerprint density at radius 2 is 1.78 bits per heavy atom. The summed E-state index contributed by atoms with van der Waals surface area (Å²) in [6.45, 7) is 8.22. The molecule has 3 heteroatoms. The van der Waals surface area contributed by atoms with Crippen molar-refractivity contribution in [1.82, 2.24) is 10.2 Å². The standard InChI is InChI=1S/C15H28N2O/c1-11(2)15(18)17-8-6-13(7-9-17)16-14-5-4-12(3)10-14/h11-14,16H,4-10H2,1-3H3. The van der Waals surface area contributed by atoms with E-state index in [0.717, 1.165) is 37.9 Å². The van der Waals surface area contributed by atoms with Gasteiger partial charge in [-0.1, -0.05) is 20.8 Å². The summed E-state index contributed by atoms with van der Waals surface area (Å²) in [6.07, 6.45) is 6.31. The van der Waals surface area contributed by atoms with E-state index in [9.17, 15) is 4.79 Å². The molecule has 18 heavy (non-hydrogen) atoms. The molecule has 104 valence electrons. The number of carbonyl (C=O) groups is 1. The van der Waals surface area contributed by atoms with Crippen molar-refractivity contribution < 1.29 is 4.79 Å². The summed E-state index contributed by atoms with van der Waals surface area (Å²) < 4.78 is 0. The summed E-state index contributed by atoms with van der Waals surface area (Å²) in [5.41, 5.74) is 0. The second kappa shape index (κ2) is 6.05. The number of amides is 1. The van der Waals surface area contributed by atoms with Crippen LogP contribution in [0.4, 0.5) is 0 Å². The van der Waals surface area contributed by atoms with E-state index < -0.39 is 0 Å². The first kappa shape index (κ1) is 13.9. The Morgan fingerprint density at radius 1 is 1.11 bits per heavy atom. The Labute approximate surface area is 111 Å². The average molecular weight is 252 g/mol. The molecule has 2 atom stereocenters. The number of hydrogen-bond donors (Lipinski definition) is 1. The molecule has 2 unspecified atom stereocenters. The SMILES string of the molecule is CC1CCC(NC2CCN(C(=O)C(C)C)CC2)C1. The zero-order valence-electron chi connectivity index (χ0n) is 12.1. The minimum atomic E-state index is 0.144. The van der Waals surface area contributed by atoms with Gasteiger partial charge in [-0.3, -0.25) is 4.79 Å². The van der Waals surface area contributed by atoms with Gasteiger partial charge in [0.1, 0.15) is 0 Å². The second-order valence-corrected chi connectivity index (χ2v) is 6.54. The van der Waals surface area contributed by atoms with Crippen molar-refractivity contribution in [2.24, 2.45) is 11.8 Å². The fraction of sp³-hybridized carbons (Fsp3) is 0.933. The lowest BCUT2D eigenvalue weighted by Crippen LogP contribution is -2.48. The van der Waals surface area contributed by atoms with Crippen LogP contribution in [0.25, 0.3) is 0 Å². The highest BCUT2D eigenvalue weighted by Crippen LogP contribution is 2.26. The maximum atomic E-state index is 11.9. The van der Waals surface area contributed by atoms with Crippen LogP contribution in [0.1, 0.15) is 52.9 Å². The highest BCUT2D eigenvalue weighted by atomic mass is 16.2. The van der Waals surface area contributed by atoms with E-state index in [1.807, 2.05) is 18.7 Å². The Hall–Kier alpha value is -0.570. The maximum Gasteiger partial charge on any atom is 0.225 e. The molecule has 1 N–H and O–H groups in total. The lowest BCUT2D eigenvalue weighted by atomic mass is 10.0. The topological polar surface area (TPSA) is 32.3 Å². The molecule has 1 saturated heterocycles. The van der Waals surface area contributed by atoms with Crippen molar-refractivity contribution in [2.75, 3.05) is 13.1 Å². The first-order valence-corrected chi connectivity index (χ1v) is 7.61. The molecule has 0 bridgehead atoms. The number of hydrogen-bond acceptors (Lipinski definition) is 2. The molecule has 1 aliphatic carbocycles. The number of carbonyl (C=O) groups excluding carboxylic acids is 1. The molecule has 3 nitrogen and oxygen atoms in total. The van der Waals surface area contributed by atoms with Crippen LogP contribution >= 0.6 is 0 Å². The van der Waals surface area contributed by atoms with Crippen LogP contribution in [0.3, 0.4) is 0 Å². The molecule has 0 aromatic rings. The molecule has 0 aromatic carbocycles. The Balaban J connectivity index is 1.72. The van der Waals surface area contributed by atoms with E-state index in [1.165, 1.54) is 19.3 Å². The third-order valence-electron chi connectivity index (χ3n) is 4.47. The molecule has 0 spiro atoms. The Bertz CT molecular complexity index is 282. The van der Waals surface area contributed by atoms with Crippen molar-refractivity contribution in [3.8, 4) is 0 Å². The molecular formula is C15H28N2O. The predicted molar refractivity (Wildman–Crippen MR) is 74.4 cm³/mol. The lowest BCUT2D eigenvalue weighted by Gasteiger charge is -2.34. The van der Waals surface area contributed by atoms with Gasteiger partial charge in [-0.15, -0.1) is 0 Å². The summed E-state index contributed by atoms with van der Waals surface area (Å²) in [6, 6.07) is 1.37. The fourth-order valence-corrected chi connectivity index (χ4v) is 3.32. The third kappa shape index (κ3) is 3.47. The molecule has 1 heterocycles. The fourth-order valence-electron chi connectivity index (χ4n) is 3.32. The summed E-state index contributed by atoms with van der Waals surface area (Å²) in [5.74, 6) is 1.36. The van der Waals surface area contributed by atoms with E-state index in [1.54, 1.807) is 0 Å². The van der Waals surface area contributed by atoms with Crippen molar-refractivity contribution >= 4 is 5.91 Å². The van der Waals surface area contributed by atoms with E-state index in [2.05, 4.69) is 12.2 Å². The van der Waals surface area contributed by atoms with E-state index >= 15 is 0 Å². The van der Waals surface area contributed by atoms with Crippen molar-refractivity contribution in [3.05, 3.63) is 0 Å². The van der Waals surface area contributed by atoms with Gasteiger partial charge in [-0.25, -0.2) is 0 Å². The average Bonchev–Trinajstić information content (AvgIpc) is 2.75. The lowest BCUT2D eigenvalue weighted by molar-refractivity contribution is -0.135. The van der Waals surface area contributed by atoms with Crippen LogP contribution in [0.5, 0.6) is 0 Å². The third-order valence-corrected chi connectivity index (χ3v) is 4.47. The van der Waals surface area contributed by atoms with Crippen LogP contribution < -0.4 is 5.32 Å². The molecule has 2 aliphatic rings. The quantitative estimate of drug-likeness (QED) is 0.836. The van der Waals surface area contributed by atoms with Crippen molar-refractivity contribution in [1.29, 1.82) is 0 Å². The highest BCUT2D eigenvalue weighted by Gasteiger charge is 2.27. The molecule has 1 saturated carbocycles. The predicted octanol–water partition coefficient (Wildman–Crippen LogP) is 2.41. The second-order valence-electron chi connectivity index (χ2n) is 6.54. The smallest absolute Gasteiger partial charge is 0.225 e. The van der Waals surface area contributed by atoms with Crippen LogP contribution in [0.15, 0.2) is 0 Å². The van der Waals surface area contributed by atoms with E-state index in [-0.39, 0.29) is 5.92 Å². The Kier molecular flexibility index (Phi) is 4.66. The van der Waals surface area contributed by atoms with Crippen molar-refractivity contribution in [3.63, 3.8) is 0 Å². The Morgan fingerprint density at radius 3 is 2.28 bits per heavy atom. The van der Waals surface area contributed by atoms with Crippen LogP contribution in [-0.2, 0) is 4.79 Å². The number of piperidine rings is 1. The zero-order valence-corrected chi connectivity index (χ0v) is 12.1. The van der Waals surface area contributed by atoms with E-state index in [0.29, 0.717) is 11.9 Å². The van der Waals surface area contributed by atoms with Crippen LogP contribution in [-0.4, -0.2) is 36.0 Å². The molecule has 2 rings (SSSR count). The first-order valence-electron chi connectivity index (χ1n) is 7.61. The van der Waals surface area contributed by atoms with Gasteiger partial charge in [0.15, 0.2) is 0 Å². The van der Waals surface area contributed by atoms with Crippen LogP contribution in [0.2, 0.25) is 0 Å². The van der Waals surface area contributed by atoms with Gasteiger partial charge < -0.3 is 10.2 Å². The number of likely N-dealkylation sites (tertiary alicyclic amines) is 1. The molecule has 0 aromatic heterocycles. The molecule has 0 radical (unpaired) electrons. The normalized spacial score (nSPS) is 30.1. The van der Waals surface area contributed by atoms with Crippen molar-refractivity contribution in [2.45, 2.75) is 65.0 Å². The minimum Gasteiger partial charge on any atom is -0.342 e. The van der Waals surface area contributed by atoms with Gasteiger partial charge in [0.05, 0.1) is 0 Å². The number of nitrogens with one attached hydrogen (secondary N) is 1. The van der Waals surface area contributed by atoms with Gasteiger partial charge in [0.25, 0.3) is 0 Å². The van der Waals surface area contributed by atoms with Gasteiger partial charge in [-0.05, 0) is 38.0 Å². The highest BCUT2D eigenvalue weighted by molar-refractivity contribution is 5.78. The monoisotopic (exact) mass is 252 g/mol. The summed E-state index contributed by atoms with van der Waals surface area (Å²) in [5, 5.41) is 3.80. The molecule has 2 fully saturated rings. The van der Waals surface area contributed by atoms with E-state index in [4.69, 9.17) is 0 Å². The first-order chi connectivity index (χ1) is 8.56. The molecular weight excluding hydrogens is 224 g/mol. The summed E-state index contributed by atoms with van der Waals surface area (Å²) in [4.78, 5) is 13.9. The maximum absolute atomic E-state index is 11.9. The van der Waals surface area contributed by atoms with Gasteiger partial charge in [-0.2, -0.15) is 0 Å². The minimum absolute atomic E-state index is 0.144. The largest absolute Gasteiger partial charge is 0.342 e. The zero-order chi connectivity index (χ0) is 13.1. The van der Waals surface area contributed by atoms with Gasteiger partial charge in [0.2, 0.25) is 5.91 Å². The molecule has 1 aliphatic heterocycles. The number of rotatable bonds is 3. The summed E-state index contributed by atoms with van der Waals surface area (Å²) in [7, 11) is 0. The molecule has 1 amide bonds.